The normalized spacial score (nSPS) is 22.9. The highest BCUT2D eigenvalue weighted by atomic mass is 16.4. The SMILES string of the molecule is CC(CC[C@H]1CCNC1=O)NC(=O)O. The summed E-state index contributed by atoms with van der Waals surface area (Å²) in [6.07, 6.45) is 1.34. The molecule has 2 atom stereocenters. The lowest BCUT2D eigenvalue weighted by atomic mass is 9.99. The lowest BCUT2D eigenvalue weighted by Crippen LogP contribution is -2.31. The summed E-state index contributed by atoms with van der Waals surface area (Å²) in [5.41, 5.74) is 0. The number of carbonyl (C=O) groups excluding carboxylic acids is 1. The second-order valence-electron chi connectivity index (χ2n) is 3.70. The van der Waals surface area contributed by atoms with Gasteiger partial charge in [0.15, 0.2) is 0 Å². The molecule has 1 saturated heterocycles. The van der Waals surface area contributed by atoms with E-state index in [0.717, 1.165) is 19.4 Å². The largest absolute Gasteiger partial charge is 0.465 e. The van der Waals surface area contributed by atoms with Crippen LogP contribution < -0.4 is 10.6 Å². The molecular weight excluding hydrogens is 184 g/mol. The average molecular weight is 200 g/mol. The van der Waals surface area contributed by atoms with Crippen molar-refractivity contribution in [2.45, 2.75) is 32.2 Å². The minimum Gasteiger partial charge on any atom is -0.465 e. The predicted octanol–water partition coefficient (Wildman–Crippen LogP) is 0.559. The van der Waals surface area contributed by atoms with Crippen LogP contribution in [-0.4, -0.2) is 29.7 Å². The van der Waals surface area contributed by atoms with Crippen LogP contribution in [0.4, 0.5) is 4.79 Å². The van der Waals surface area contributed by atoms with E-state index in [9.17, 15) is 9.59 Å². The van der Waals surface area contributed by atoms with Gasteiger partial charge in [-0.15, -0.1) is 0 Å². The van der Waals surface area contributed by atoms with Crippen molar-refractivity contribution in [1.82, 2.24) is 10.6 Å². The van der Waals surface area contributed by atoms with E-state index in [4.69, 9.17) is 5.11 Å². The van der Waals surface area contributed by atoms with Gasteiger partial charge in [0.25, 0.3) is 0 Å². The molecule has 5 heteroatoms. The molecule has 0 radical (unpaired) electrons. The first-order valence-corrected chi connectivity index (χ1v) is 4.86. The Morgan fingerprint density at radius 1 is 1.79 bits per heavy atom. The number of rotatable bonds is 4. The van der Waals surface area contributed by atoms with Gasteiger partial charge in [-0.3, -0.25) is 4.79 Å². The van der Waals surface area contributed by atoms with Crippen molar-refractivity contribution in [3.05, 3.63) is 0 Å². The van der Waals surface area contributed by atoms with Crippen molar-refractivity contribution in [3.63, 3.8) is 0 Å². The lowest BCUT2D eigenvalue weighted by Gasteiger charge is -2.12. The van der Waals surface area contributed by atoms with Crippen LogP contribution in [0.15, 0.2) is 0 Å². The zero-order chi connectivity index (χ0) is 10.6. The molecule has 0 saturated carbocycles. The Kier molecular flexibility index (Phi) is 3.73. The van der Waals surface area contributed by atoms with Gasteiger partial charge in [-0.05, 0) is 26.2 Å². The van der Waals surface area contributed by atoms with Gasteiger partial charge >= 0.3 is 6.09 Å². The lowest BCUT2D eigenvalue weighted by molar-refractivity contribution is -0.122. The minimum absolute atomic E-state index is 0.0769. The summed E-state index contributed by atoms with van der Waals surface area (Å²) < 4.78 is 0. The zero-order valence-corrected chi connectivity index (χ0v) is 8.25. The van der Waals surface area contributed by atoms with E-state index in [2.05, 4.69) is 10.6 Å². The highest BCUT2D eigenvalue weighted by Crippen LogP contribution is 2.16. The molecule has 1 heterocycles. The molecule has 2 amide bonds. The van der Waals surface area contributed by atoms with E-state index in [0.29, 0.717) is 6.42 Å². The average Bonchev–Trinajstić information content (AvgIpc) is 2.46. The number of hydrogen-bond donors (Lipinski definition) is 3. The van der Waals surface area contributed by atoms with Gasteiger partial charge in [0, 0.05) is 18.5 Å². The van der Waals surface area contributed by atoms with Crippen molar-refractivity contribution >= 4 is 12.0 Å². The molecule has 1 rings (SSSR count). The van der Waals surface area contributed by atoms with Crippen LogP contribution >= 0.6 is 0 Å². The summed E-state index contributed by atoms with van der Waals surface area (Å²) in [5.74, 6) is 0.181. The number of carbonyl (C=O) groups is 2. The van der Waals surface area contributed by atoms with Crippen LogP contribution in [0.5, 0.6) is 0 Å². The minimum atomic E-state index is -1.01. The van der Waals surface area contributed by atoms with Crippen LogP contribution in [-0.2, 0) is 4.79 Å². The summed E-state index contributed by atoms with van der Waals surface area (Å²) in [7, 11) is 0. The molecule has 0 aliphatic carbocycles. The van der Waals surface area contributed by atoms with E-state index < -0.39 is 6.09 Å². The molecule has 0 aromatic heterocycles. The molecule has 0 aromatic carbocycles. The Labute approximate surface area is 82.9 Å². The second kappa shape index (κ2) is 4.83. The van der Waals surface area contributed by atoms with E-state index in [-0.39, 0.29) is 17.9 Å². The van der Waals surface area contributed by atoms with Crippen LogP contribution in [0.2, 0.25) is 0 Å². The third kappa shape index (κ3) is 3.24. The molecule has 1 fully saturated rings. The summed E-state index contributed by atoms with van der Waals surface area (Å²) in [6, 6.07) is -0.0825. The fourth-order valence-corrected chi connectivity index (χ4v) is 1.65. The third-order valence-electron chi connectivity index (χ3n) is 2.48. The highest BCUT2D eigenvalue weighted by molar-refractivity contribution is 5.80. The first-order chi connectivity index (χ1) is 6.59. The fourth-order valence-electron chi connectivity index (χ4n) is 1.65. The monoisotopic (exact) mass is 200 g/mol. The van der Waals surface area contributed by atoms with Crippen molar-refractivity contribution in [3.8, 4) is 0 Å². The molecule has 3 N–H and O–H groups in total. The second-order valence-corrected chi connectivity index (χ2v) is 3.70. The van der Waals surface area contributed by atoms with Crippen LogP contribution in [0.3, 0.4) is 0 Å². The molecule has 0 bridgehead atoms. The Bertz CT molecular complexity index is 230. The van der Waals surface area contributed by atoms with Crippen molar-refractivity contribution in [2.75, 3.05) is 6.54 Å². The molecule has 1 aliphatic heterocycles. The summed E-state index contributed by atoms with van der Waals surface area (Å²) in [6.45, 7) is 2.56. The molecular formula is C9H16N2O3. The molecule has 5 nitrogen and oxygen atoms in total. The van der Waals surface area contributed by atoms with Gasteiger partial charge in [-0.1, -0.05) is 0 Å². The van der Waals surface area contributed by atoms with E-state index in [1.54, 1.807) is 6.92 Å². The van der Waals surface area contributed by atoms with E-state index in [1.807, 2.05) is 0 Å². The van der Waals surface area contributed by atoms with Crippen molar-refractivity contribution < 1.29 is 14.7 Å². The highest BCUT2D eigenvalue weighted by Gasteiger charge is 2.24. The van der Waals surface area contributed by atoms with Gasteiger partial charge in [-0.25, -0.2) is 4.79 Å². The Morgan fingerprint density at radius 2 is 2.50 bits per heavy atom. The van der Waals surface area contributed by atoms with Crippen LogP contribution in [0.25, 0.3) is 0 Å². The van der Waals surface area contributed by atoms with Gasteiger partial charge in [0.2, 0.25) is 5.91 Å². The zero-order valence-electron chi connectivity index (χ0n) is 8.25. The Balaban J connectivity index is 2.19. The Hall–Kier alpha value is -1.26. The summed E-state index contributed by atoms with van der Waals surface area (Å²) in [4.78, 5) is 21.4. The first-order valence-electron chi connectivity index (χ1n) is 4.86. The maximum Gasteiger partial charge on any atom is 0.404 e. The van der Waals surface area contributed by atoms with Crippen molar-refractivity contribution in [2.24, 2.45) is 5.92 Å². The van der Waals surface area contributed by atoms with E-state index in [1.165, 1.54) is 0 Å². The summed E-state index contributed by atoms with van der Waals surface area (Å²) >= 11 is 0. The molecule has 14 heavy (non-hydrogen) atoms. The smallest absolute Gasteiger partial charge is 0.404 e. The molecule has 80 valence electrons. The van der Waals surface area contributed by atoms with Gasteiger partial charge in [0.1, 0.15) is 0 Å². The predicted molar refractivity (Wildman–Crippen MR) is 51.0 cm³/mol. The van der Waals surface area contributed by atoms with Crippen LogP contribution in [0, 0.1) is 5.92 Å². The van der Waals surface area contributed by atoms with Gasteiger partial charge in [0.05, 0.1) is 0 Å². The molecule has 0 spiro atoms. The summed E-state index contributed by atoms with van der Waals surface area (Å²) in [5, 5.41) is 13.6. The molecule has 1 unspecified atom stereocenters. The maximum absolute atomic E-state index is 11.2. The molecule has 0 aromatic rings. The first kappa shape index (κ1) is 10.8. The van der Waals surface area contributed by atoms with E-state index >= 15 is 0 Å². The Morgan fingerprint density at radius 3 is 3.00 bits per heavy atom. The maximum atomic E-state index is 11.2. The topological polar surface area (TPSA) is 78.4 Å². The fraction of sp³-hybridized carbons (Fsp3) is 0.778. The number of carboxylic acid groups (broad SMARTS) is 1. The number of nitrogens with one attached hydrogen (secondary N) is 2. The van der Waals surface area contributed by atoms with Gasteiger partial charge < -0.3 is 15.7 Å². The standard InChI is InChI=1S/C9H16N2O3/c1-6(11-9(13)14)2-3-7-4-5-10-8(7)12/h6-7,11H,2-5H2,1H3,(H,10,12)(H,13,14)/t6?,7-/m0/s1. The van der Waals surface area contributed by atoms with Crippen LogP contribution in [0.1, 0.15) is 26.2 Å². The number of hydrogen-bond acceptors (Lipinski definition) is 2. The van der Waals surface area contributed by atoms with Gasteiger partial charge in [-0.2, -0.15) is 0 Å². The third-order valence-corrected chi connectivity index (χ3v) is 2.48. The molecule has 1 aliphatic rings. The van der Waals surface area contributed by atoms with Crippen molar-refractivity contribution in [1.29, 1.82) is 0 Å². The quantitative estimate of drug-likeness (QED) is 0.620. The number of amides is 2.